The lowest BCUT2D eigenvalue weighted by molar-refractivity contribution is 0.0956. The van der Waals surface area contributed by atoms with Gasteiger partial charge < -0.3 is 15.0 Å². The van der Waals surface area contributed by atoms with Crippen molar-refractivity contribution in [2.45, 2.75) is 6.92 Å². The van der Waals surface area contributed by atoms with Gasteiger partial charge in [0.1, 0.15) is 5.75 Å². The largest absolute Gasteiger partial charge is 0.495 e. The minimum absolute atomic E-state index is 0.0851. The number of hydrogen-bond donors (Lipinski definition) is 1. The van der Waals surface area contributed by atoms with E-state index in [9.17, 15) is 13.2 Å². The van der Waals surface area contributed by atoms with Gasteiger partial charge in [-0.2, -0.15) is 4.31 Å². The number of anilines is 1. The lowest BCUT2D eigenvalue weighted by Crippen LogP contribution is -2.50. The number of amides is 1. The fraction of sp³-hybridized carbons (Fsp3) is 0.381. The molecule has 0 bridgehead atoms. The average molecular weight is 418 g/mol. The van der Waals surface area contributed by atoms with Crippen LogP contribution < -0.4 is 15.0 Å². The lowest BCUT2D eigenvalue weighted by Gasteiger charge is -2.36. The number of methoxy groups -OCH3 is 1. The maximum atomic E-state index is 12.7. The van der Waals surface area contributed by atoms with Crippen LogP contribution in [0.15, 0.2) is 48.5 Å². The Balaban J connectivity index is 1.51. The molecule has 1 saturated heterocycles. The van der Waals surface area contributed by atoms with E-state index < -0.39 is 10.0 Å². The number of carbonyl (C=O) groups is 1. The fourth-order valence-corrected chi connectivity index (χ4v) is 4.75. The molecule has 0 aliphatic carbocycles. The van der Waals surface area contributed by atoms with Crippen LogP contribution in [0.25, 0.3) is 0 Å². The molecule has 1 aliphatic rings. The highest BCUT2D eigenvalue weighted by Gasteiger charge is 2.27. The first kappa shape index (κ1) is 21.1. The number of hydrogen-bond acceptors (Lipinski definition) is 5. The molecule has 0 spiro atoms. The Hall–Kier alpha value is -2.58. The third kappa shape index (κ3) is 5.27. The summed E-state index contributed by atoms with van der Waals surface area (Å²) < 4.78 is 32.2. The summed E-state index contributed by atoms with van der Waals surface area (Å²) >= 11 is 0. The predicted molar refractivity (Wildman–Crippen MR) is 114 cm³/mol. The number of carbonyl (C=O) groups excluding carboxylic acids is 1. The van der Waals surface area contributed by atoms with Crippen molar-refractivity contribution in [1.29, 1.82) is 0 Å². The van der Waals surface area contributed by atoms with Gasteiger partial charge in [-0.25, -0.2) is 8.42 Å². The number of nitrogens with one attached hydrogen (secondary N) is 1. The Labute approximate surface area is 172 Å². The number of rotatable bonds is 7. The average Bonchev–Trinajstić information content (AvgIpc) is 2.73. The number of sulfonamides is 1. The van der Waals surface area contributed by atoms with E-state index in [0.717, 1.165) is 17.0 Å². The van der Waals surface area contributed by atoms with Crippen LogP contribution in [0.2, 0.25) is 0 Å². The van der Waals surface area contributed by atoms with Crippen molar-refractivity contribution in [3.8, 4) is 5.75 Å². The SMILES string of the molecule is COc1ccccc1N1CCN(S(=O)(=O)CCNC(=O)c2cccc(C)c2)CC1. The molecule has 3 rings (SSSR count). The summed E-state index contributed by atoms with van der Waals surface area (Å²) in [5.74, 6) is 0.409. The normalized spacial score (nSPS) is 15.2. The molecule has 0 unspecified atom stereocenters. The van der Waals surface area contributed by atoms with E-state index in [0.29, 0.717) is 31.7 Å². The molecule has 156 valence electrons. The molecule has 0 saturated carbocycles. The van der Waals surface area contributed by atoms with Gasteiger partial charge in [-0.15, -0.1) is 0 Å². The fourth-order valence-electron chi connectivity index (χ4n) is 3.41. The molecule has 1 amide bonds. The first-order chi connectivity index (χ1) is 13.9. The van der Waals surface area contributed by atoms with Crippen molar-refractivity contribution in [1.82, 2.24) is 9.62 Å². The van der Waals surface area contributed by atoms with Crippen molar-refractivity contribution in [3.63, 3.8) is 0 Å². The quantitative estimate of drug-likeness (QED) is 0.744. The lowest BCUT2D eigenvalue weighted by atomic mass is 10.1. The molecule has 1 heterocycles. The van der Waals surface area contributed by atoms with Gasteiger partial charge in [-0.1, -0.05) is 29.8 Å². The standard InChI is InChI=1S/C21H27N3O4S/c1-17-6-5-7-18(16-17)21(25)22-10-15-29(26,27)24-13-11-23(12-14-24)19-8-3-4-9-20(19)28-2/h3-9,16H,10-15H2,1-2H3,(H,22,25). The van der Waals surface area contributed by atoms with Crippen LogP contribution in [-0.2, 0) is 10.0 Å². The van der Waals surface area contributed by atoms with Gasteiger partial charge in [-0.05, 0) is 31.2 Å². The minimum Gasteiger partial charge on any atom is -0.495 e. The molecule has 2 aromatic rings. The van der Waals surface area contributed by atoms with E-state index in [-0.39, 0.29) is 18.2 Å². The number of para-hydroxylation sites is 2. The van der Waals surface area contributed by atoms with Gasteiger partial charge in [0.2, 0.25) is 10.0 Å². The molecule has 1 N–H and O–H groups in total. The second-order valence-electron chi connectivity index (χ2n) is 7.00. The number of aryl methyl sites for hydroxylation is 1. The number of ether oxygens (including phenoxy) is 1. The molecule has 2 aromatic carbocycles. The Morgan fingerprint density at radius 1 is 1.07 bits per heavy atom. The van der Waals surface area contributed by atoms with Gasteiger partial charge >= 0.3 is 0 Å². The van der Waals surface area contributed by atoms with E-state index in [1.54, 1.807) is 19.2 Å². The molecule has 1 fully saturated rings. The van der Waals surface area contributed by atoms with Crippen LogP contribution in [0.4, 0.5) is 5.69 Å². The van der Waals surface area contributed by atoms with Gasteiger partial charge in [0, 0.05) is 38.3 Å². The van der Waals surface area contributed by atoms with Crippen LogP contribution in [0.5, 0.6) is 5.75 Å². The van der Waals surface area contributed by atoms with Gasteiger partial charge in [0.15, 0.2) is 0 Å². The third-order valence-electron chi connectivity index (χ3n) is 4.98. The van der Waals surface area contributed by atoms with Crippen molar-refractivity contribution in [2.24, 2.45) is 0 Å². The van der Waals surface area contributed by atoms with Gasteiger partial charge in [-0.3, -0.25) is 4.79 Å². The molecule has 1 aliphatic heterocycles. The Kier molecular flexibility index (Phi) is 6.76. The Morgan fingerprint density at radius 2 is 1.79 bits per heavy atom. The summed E-state index contributed by atoms with van der Waals surface area (Å²) in [6.07, 6.45) is 0. The highest BCUT2D eigenvalue weighted by molar-refractivity contribution is 7.89. The van der Waals surface area contributed by atoms with Crippen LogP contribution >= 0.6 is 0 Å². The van der Waals surface area contributed by atoms with Crippen LogP contribution in [0, 0.1) is 6.92 Å². The van der Waals surface area contributed by atoms with Crippen LogP contribution in [0.3, 0.4) is 0 Å². The van der Waals surface area contributed by atoms with Gasteiger partial charge in [0.05, 0.1) is 18.6 Å². The summed E-state index contributed by atoms with van der Waals surface area (Å²) in [6, 6.07) is 14.9. The monoisotopic (exact) mass is 417 g/mol. The predicted octanol–water partition coefficient (Wildman–Crippen LogP) is 1.89. The van der Waals surface area contributed by atoms with Crippen molar-refractivity contribution < 1.29 is 17.9 Å². The summed E-state index contributed by atoms with van der Waals surface area (Å²) in [7, 11) is -1.80. The molecule has 29 heavy (non-hydrogen) atoms. The third-order valence-corrected chi connectivity index (χ3v) is 6.86. The second-order valence-corrected chi connectivity index (χ2v) is 9.09. The summed E-state index contributed by atoms with van der Waals surface area (Å²) in [4.78, 5) is 14.3. The zero-order chi connectivity index (χ0) is 20.9. The van der Waals surface area contributed by atoms with Crippen molar-refractivity contribution >= 4 is 21.6 Å². The van der Waals surface area contributed by atoms with E-state index in [2.05, 4.69) is 10.2 Å². The maximum Gasteiger partial charge on any atom is 0.251 e. The second kappa shape index (κ2) is 9.28. The van der Waals surface area contributed by atoms with E-state index in [4.69, 9.17) is 4.74 Å². The summed E-state index contributed by atoms with van der Waals surface area (Å²) in [5.41, 5.74) is 2.49. The van der Waals surface area contributed by atoms with E-state index in [1.807, 2.05) is 43.3 Å². The Bertz CT molecular complexity index is 954. The van der Waals surface area contributed by atoms with Crippen molar-refractivity contribution in [2.75, 3.05) is 50.5 Å². The number of nitrogens with zero attached hydrogens (tertiary/aromatic N) is 2. The highest BCUT2D eigenvalue weighted by atomic mass is 32.2. The highest BCUT2D eigenvalue weighted by Crippen LogP contribution is 2.28. The molecule has 7 nitrogen and oxygen atoms in total. The zero-order valence-electron chi connectivity index (χ0n) is 16.8. The number of benzene rings is 2. The molecule has 0 radical (unpaired) electrons. The van der Waals surface area contributed by atoms with Crippen LogP contribution in [0.1, 0.15) is 15.9 Å². The van der Waals surface area contributed by atoms with Crippen molar-refractivity contribution in [3.05, 3.63) is 59.7 Å². The van der Waals surface area contributed by atoms with E-state index >= 15 is 0 Å². The molecule has 8 heteroatoms. The summed E-state index contributed by atoms with van der Waals surface area (Å²) in [6.45, 7) is 4.00. The minimum atomic E-state index is -3.43. The molecule has 0 atom stereocenters. The summed E-state index contributed by atoms with van der Waals surface area (Å²) in [5, 5.41) is 2.70. The zero-order valence-corrected chi connectivity index (χ0v) is 17.6. The smallest absolute Gasteiger partial charge is 0.251 e. The van der Waals surface area contributed by atoms with Gasteiger partial charge in [0.25, 0.3) is 5.91 Å². The molecular formula is C21H27N3O4S. The Morgan fingerprint density at radius 3 is 2.48 bits per heavy atom. The molecule has 0 aromatic heterocycles. The topological polar surface area (TPSA) is 79.0 Å². The van der Waals surface area contributed by atoms with Crippen LogP contribution in [-0.4, -0.2) is 64.2 Å². The first-order valence-corrected chi connectivity index (χ1v) is 11.2. The first-order valence-electron chi connectivity index (χ1n) is 9.61. The molecular weight excluding hydrogens is 390 g/mol. The number of piperazine rings is 1. The maximum absolute atomic E-state index is 12.7. The van der Waals surface area contributed by atoms with E-state index in [1.165, 1.54) is 4.31 Å².